The van der Waals surface area contributed by atoms with Crippen LogP contribution in [0.3, 0.4) is 0 Å². The van der Waals surface area contributed by atoms with Gasteiger partial charge >= 0.3 is 0 Å². The maximum absolute atomic E-state index is 8.64. The van der Waals surface area contributed by atoms with Crippen molar-refractivity contribution in [1.82, 2.24) is 4.98 Å². The normalized spacial score (nSPS) is 9.63. The zero-order chi connectivity index (χ0) is 13.3. The number of rotatable bonds is 6. The van der Waals surface area contributed by atoms with E-state index >= 15 is 0 Å². The number of pyridine rings is 1. The third kappa shape index (κ3) is 4.32. The van der Waals surface area contributed by atoms with Crippen molar-refractivity contribution in [2.45, 2.75) is 6.42 Å². The van der Waals surface area contributed by atoms with E-state index in [0.29, 0.717) is 5.69 Å². The minimum atomic E-state index is 0.441. The summed E-state index contributed by atoms with van der Waals surface area (Å²) in [5.41, 5.74) is 2.53. The molecule has 19 heavy (non-hydrogen) atoms. The Morgan fingerprint density at radius 1 is 0.947 bits per heavy atom. The summed E-state index contributed by atoms with van der Waals surface area (Å²) in [6, 6.07) is 15.7. The standard InChI is InChI=1S/C15H16N4/c16-11-14-7-8-15(12-19-14)18-10-4-9-17-13-5-2-1-3-6-13/h1-3,5-8,12,17-18H,4,9-10H2. The van der Waals surface area contributed by atoms with E-state index in [9.17, 15) is 0 Å². The second-order valence-corrected chi connectivity index (χ2v) is 4.12. The number of benzene rings is 1. The van der Waals surface area contributed by atoms with Crippen LogP contribution in [0.5, 0.6) is 0 Å². The van der Waals surface area contributed by atoms with Gasteiger partial charge in [0.1, 0.15) is 11.8 Å². The third-order valence-electron chi connectivity index (χ3n) is 2.66. The molecule has 0 bridgehead atoms. The van der Waals surface area contributed by atoms with Gasteiger partial charge in [-0.3, -0.25) is 0 Å². The summed E-state index contributed by atoms with van der Waals surface area (Å²) >= 11 is 0. The Bertz CT molecular complexity index is 528. The van der Waals surface area contributed by atoms with E-state index in [2.05, 4.69) is 27.8 Å². The largest absolute Gasteiger partial charge is 0.385 e. The van der Waals surface area contributed by atoms with Crippen molar-refractivity contribution in [2.24, 2.45) is 0 Å². The first-order valence-corrected chi connectivity index (χ1v) is 6.27. The average Bonchev–Trinajstić information content (AvgIpc) is 2.49. The first kappa shape index (κ1) is 12.9. The molecule has 0 radical (unpaired) electrons. The van der Waals surface area contributed by atoms with Crippen LogP contribution >= 0.6 is 0 Å². The van der Waals surface area contributed by atoms with Crippen molar-refractivity contribution in [3.05, 3.63) is 54.4 Å². The topological polar surface area (TPSA) is 60.7 Å². The maximum Gasteiger partial charge on any atom is 0.140 e. The van der Waals surface area contributed by atoms with Crippen LogP contribution < -0.4 is 10.6 Å². The number of anilines is 2. The van der Waals surface area contributed by atoms with E-state index in [1.54, 1.807) is 12.3 Å². The van der Waals surface area contributed by atoms with Crippen LogP contribution in [0.15, 0.2) is 48.7 Å². The molecule has 0 aliphatic carbocycles. The van der Waals surface area contributed by atoms with Crippen LogP contribution in [-0.2, 0) is 0 Å². The lowest BCUT2D eigenvalue weighted by molar-refractivity contribution is 0.908. The van der Waals surface area contributed by atoms with Crippen LogP contribution in [0, 0.1) is 11.3 Å². The van der Waals surface area contributed by atoms with Gasteiger partial charge < -0.3 is 10.6 Å². The SMILES string of the molecule is N#Cc1ccc(NCCCNc2ccccc2)cn1. The summed E-state index contributed by atoms with van der Waals surface area (Å²) in [5, 5.41) is 15.3. The van der Waals surface area contributed by atoms with E-state index in [1.807, 2.05) is 30.3 Å². The summed E-state index contributed by atoms with van der Waals surface area (Å²) in [7, 11) is 0. The predicted molar refractivity (Wildman–Crippen MR) is 77.0 cm³/mol. The van der Waals surface area contributed by atoms with E-state index < -0.39 is 0 Å². The molecule has 0 saturated carbocycles. The first-order valence-electron chi connectivity index (χ1n) is 6.27. The molecule has 0 fully saturated rings. The summed E-state index contributed by atoms with van der Waals surface area (Å²) in [5.74, 6) is 0. The lowest BCUT2D eigenvalue weighted by Gasteiger charge is -2.08. The van der Waals surface area contributed by atoms with Gasteiger partial charge in [0.25, 0.3) is 0 Å². The van der Waals surface area contributed by atoms with Crippen LogP contribution in [-0.4, -0.2) is 18.1 Å². The molecular weight excluding hydrogens is 236 g/mol. The molecular formula is C15H16N4. The second-order valence-electron chi connectivity index (χ2n) is 4.12. The summed E-state index contributed by atoms with van der Waals surface area (Å²) in [6.45, 7) is 1.79. The minimum Gasteiger partial charge on any atom is -0.385 e. The fraction of sp³-hybridized carbons (Fsp3) is 0.200. The molecule has 1 aromatic carbocycles. The molecule has 4 heteroatoms. The van der Waals surface area contributed by atoms with Gasteiger partial charge in [-0.15, -0.1) is 0 Å². The fourth-order valence-corrected chi connectivity index (χ4v) is 1.67. The summed E-state index contributed by atoms with van der Waals surface area (Å²) < 4.78 is 0. The molecule has 0 aliphatic heterocycles. The summed E-state index contributed by atoms with van der Waals surface area (Å²) in [4.78, 5) is 4.00. The minimum absolute atomic E-state index is 0.441. The number of nitriles is 1. The molecule has 2 rings (SSSR count). The van der Waals surface area contributed by atoms with Crippen molar-refractivity contribution in [2.75, 3.05) is 23.7 Å². The van der Waals surface area contributed by atoms with Crippen molar-refractivity contribution in [3.8, 4) is 6.07 Å². The number of nitrogens with zero attached hydrogens (tertiary/aromatic N) is 2. The number of nitrogens with one attached hydrogen (secondary N) is 2. The molecule has 0 saturated heterocycles. The number of aromatic nitrogens is 1. The molecule has 4 nitrogen and oxygen atoms in total. The molecule has 96 valence electrons. The van der Waals surface area contributed by atoms with E-state index in [-0.39, 0.29) is 0 Å². The molecule has 2 aromatic rings. The third-order valence-corrected chi connectivity index (χ3v) is 2.66. The van der Waals surface area contributed by atoms with Gasteiger partial charge in [0.05, 0.1) is 11.9 Å². The van der Waals surface area contributed by atoms with Crippen molar-refractivity contribution >= 4 is 11.4 Å². The fourth-order valence-electron chi connectivity index (χ4n) is 1.67. The Balaban J connectivity index is 1.65. The Morgan fingerprint density at radius 3 is 2.32 bits per heavy atom. The average molecular weight is 252 g/mol. The molecule has 0 atom stereocenters. The van der Waals surface area contributed by atoms with Crippen molar-refractivity contribution in [3.63, 3.8) is 0 Å². The van der Waals surface area contributed by atoms with Gasteiger partial charge in [-0.25, -0.2) is 4.98 Å². The smallest absolute Gasteiger partial charge is 0.140 e. The number of para-hydroxylation sites is 1. The molecule has 0 unspecified atom stereocenters. The van der Waals surface area contributed by atoms with Gasteiger partial charge in [0.15, 0.2) is 0 Å². The van der Waals surface area contributed by atoms with Crippen LogP contribution in [0.2, 0.25) is 0 Å². The molecule has 0 aliphatic rings. The van der Waals surface area contributed by atoms with E-state index in [1.165, 1.54) is 0 Å². The molecule has 1 heterocycles. The highest BCUT2D eigenvalue weighted by molar-refractivity contribution is 5.43. The quantitative estimate of drug-likeness (QED) is 0.776. The highest BCUT2D eigenvalue weighted by atomic mass is 14.9. The van der Waals surface area contributed by atoms with Gasteiger partial charge in [-0.05, 0) is 30.7 Å². The van der Waals surface area contributed by atoms with Gasteiger partial charge in [0, 0.05) is 18.8 Å². The lowest BCUT2D eigenvalue weighted by atomic mass is 10.3. The first-order chi connectivity index (χ1) is 9.38. The lowest BCUT2D eigenvalue weighted by Crippen LogP contribution is -2.09. The van der Waals surface area contributed by atoms with E-state index in [4.69, 9.17) is 5.26 Å². The van der Waals surface area contributed by atoms with Crippen LogP contribution in [0.1, 0.15) is 12.1 Å². The Labute approximate surface area is 113 Å². The Morgan fingerprint density at radius 2 is 1.68 bits per heavy atom. The van der Waals surface area contributed by atoms with Gasteiger partial charge in [-0.1, -0.05) is 18.2 Å². The van der Waals surface area contributed by atoms with Crippen LogP contribution in [0.4, 0.5) is 11.4 Å². The molecule has 2 N–H and O–H groups in total. The van der Waals surface area contributed by atoms with Crippen molar-refractivity contribution < 1.29 is 0 Å². The van der Waals surface area contributed by atoms with E-state index in [0.717, 1.165) is 30.9 Å². The van der Waals surface area contributed by atoms with Gasteiger partial charge in [0.2, 0.25) is 0 Å². The molecule has 1 aromatic heterocycles. The zero-order valence-corrected chi connectivity index (χ0v) is 10.6. The van der Waals surface area contributed by atoms with Crippen LogP contribution in [0.25, 0.3) is 0 Å². The highest BCUT2D eigenvalue weighted by Crippen LogP contribution is 2.06. The number of hydrogen-bond donors (Lipinski definition) is 2. The monoisotopic (exact) mass is 252 g/mol. The second kappa shape index (κ2) is 7.02. The summed E-state index contributed by atoms with van der Waals surface area (Å²) in [6.07, 6.45) is 2.69. The molecule has 0 amide bonds. The number of hydrogen-bond acceptors (Lipinski definition) is 4. The van der Waals surface area contributed by atoms with Gasteiger partial charge in [-0.2, -0.15) is 5.26 Å². The predicted octanol–water partition coefficient (Wildman–Crippen LogP) is 2.87. The molecule has 0 spiro atoms. The Hall–Kier alpha value is -2.54. The van der Waals surface area contributed by atoms with Crippen molar-refractivity contribution in [1.29, 1.82) is 5.26 Å². The maximum atomic E-state index is 8.64. The zero-order valence-electron chi connectivity index (χ0n) is 10.6. The Kier molecular flexibility index (Phi) is 4.77. The highest BCUT2D eigenvalue weighted by Gasteiger charge is 1.94.